The second-order valence-corrected chi connectivity index (χ2v) is 5.74. The number of nitro benzene ring substituents is 2. The van der Waals surface area contributed by atoms with E-state index in [4.69, 9.17) is 5.73 Å². The Bertz CT molecular complexity index is 760. The Morgan fingerprint density at radius 1 is 1.17 bits per heavy atom. The molecule has 2 rings (SSSR count). The van der Waals surface area contributed by atoms with Crippen LogP contribution in [0.5, 0.6) is 0 Å². The first-order valence-electron chi connectivity index (χ1n) is 6.66. The largest absolute Gasteiger partial charge is 0.374 e. The second-order valence-electron chi connectivity index (χ2n) is 4.65. The lowest BCUT2D eigenvalue weighted by Crippen LogP contribution is -2.25. The molecule has 12 heteroatoms. The van der Waals surface area contributed by atoms with E-state index in [0.29, 0.717) is 18.0 Å². The number of hydrogen-bond acceptors (Lipinski definition) is 9. The van der Waals surface area contributed by atoms with Gasteiger partial charge in [-0.3, -0.25) is 25.0 Å². The molecular formula is C12H12N6O5S. The molecule has 24 heavy (non-hydrogen) atoms. The average molecular weight is 352 g/mol. The molecule has 0 aliphatic rings. The SMILES string of the molecule is Nc1nnc(CCCNC(=O)c2cc([N+](=O)[O-])cc([N+](=O)[O-])c2)s1. The number of amides is 1. The highest BCUT2D eigenvalue weighted by atomic mass is 32.1. The lowest BCUT2D eigenvalue weighted by Gasteiger charge is -2.04. The van der Waals surface area contributed by atoms with Gasteiger partial charge in [-0.2, -0.15) is 0 Å². The number of rotatable bonds is 7. The summed E-state index contributed by atoms with van der Waals surface area (Å²) in [6.45, 7) is 0.273. The maximum atomic E-state index is 12.0. The molecule has 0 fully saturated rings. The predicted molar refractivity (Wildman–Crippen MR) is 84.7 cm³/mol. The van der Waals surface area contributed by atoms with E-state index in [2.05, 4.69) is 15.5 Å². The van der Waals surface area contributed by atoms with Crippen LogP contribution in [0.3, 0.4) is 0 Å². The van der Waals surface area contributed by atoms with Crippen molar-refractivity contribution in [1.29, 1.82) is 0 Å². The number of hydrogen-bond donors (Lipinski definition) is 2. The van der Waals surface area contributed by atoms with Gasteiger partial charge in [0.2, 0.25) is 5.13 Å². The van der Waals surface area contributed by atoms with E-state index in [1.54, 1.807) is 0 Å². The molecule has 0 saturated carbocycles. The van der Waals surface area contributed by atoms with Crippen LogP contribution < -0.4 is 11.1 Å². The lowest BCUT2D eigenvalue weighted by molar-refractivity contribution is -0.394. The molecule has 11 nitrogen and oxygen atoms in total. The number of non-ortho nitro benzene ring substituents is 2. The van der Waals surface area contributed by atoms with Crippen LogP contribution in [-0.4, -0.2) is 32.5 Å². The van der Waals surface area contributed by atoms with Gasteiger partial charge < -0.3 is 11.1 Å². The third kappa shape index (κ3) is 4.42. The van der Waals surface area contributed by atoms with Crippen LogP contribution in [0.2, 0.25) is 0 Å². The minimum atomic E-state index is -0.788. The first-order chi connectivity index (χ1) is 11.4. The van der Waals surface area contributed by atoms with Gasteiger partial charge in [0.25, 0.3) is 17.3 Å². The summed E-state index contributed by atoms with van der Waals surface area (Å²) in [4.78, 5) is 32.0. The third-order valence-electron chi connectivity index (χ3n) is 2.92. The number of carbonyl (C=O) groups is 1. The number of nitrogens with one attached hydrogen (secondary N) is 1. The van der Waals surface area contributed by atoms with E-state index in [0.717, 1.165) is 23.2 Å². The molecule has 0 unspecified atom stereocenters. The van der Waals surface area contributed by atoms with E-state index in [-0.39, 0.29) is 12.1 Å². The van der Waals surface area contributed by atoms with Crippen molar-refractivity contribution in [3.05, 3.63) is 49.0 Å². The number of nitrogens with zero attached hydrogens (tertiary/aromatic N) is 4. The topological polar surface area (TPSA) is 167 Å². The van der Waals surface area contributed by atoms with Crippen molar-refractivity contribution in [2.24, 2.45) is 0 Å². The Morgan fingerprint density at radius 3 is 2.29 bits per heavy atom. The highest BCUT2D eigenvalue weighted by molar-refractivity contribution is 7.15. The molecule has 1 heterocycles. The number of aromatic nitrogens is 2. The maximum absolute atomic E-state index is 12.0. The Balaban J connectivity index is 1.98. The molecule has 1 aromatic carbocycles. The summed E-state index contributed by atoms with van der Waals surface area (Å²) in [5.41, 5.74) is 4.28. The van der Waals surface area contributed by atoms with Gasteiger partial charge in [-0.25, -0.2) is 0 Å². The number of carbonyl (C=O) groups excluding carboxylic acids is 1. The van der Waals surface area contributed by atoms with Crippen LogP contribution in [0, 0.1) is 20.2 Å². The summed E-state index contributed by atoms with van der Waals surface area (Å²) in [7, 11) is 0. The van der Waals surface area contributed by atoms with Crippen molar-refractivity contribution in [2.45, 2.75) is 12.8 Å². The Labute approximate surface area is 138 Å². The summed E-state index contributed by atoms with van der Waals surface area (Å²) >= 11 is 1.25. The van der Waals surface area contributed by atoms with Crippen molar-refractivity contribution in [3.63, 3.8) is 0 Å². The van der Waals surface area contributed by atoms with Crippen molar-refractivity contribution >= 4 is 33.8 Å². The minimum absolute atomic E-state index is 0.143. The molecule has 3 N–H and O–H groups in total. The van der Waals surface area contributed by atoms with E-state index in [1.165, 1.54) is 11.3 Å². The van der Waals surface area contributed by atoms with Crippen LogP contribution in [0.1, 0.15) is 21.8 Å². The predicted octanol–water partition coefficient (Wildman–Crippen LogP) is 1.30. The minimum Gasteiger partial charge on any atom is -0.374 e. The van der Waals surface area contributed by atoms with Gasteiger partial charge in [-0.1, -0.05) is 11.3 Å². The van der Waals surface area contributed by atoms with Crippen LogP contribution in [0.4, 0.5) is 16.5 Å². The zero-order valence-electron chi connectivity index (χ0n) is 12.2. The molecule has 1 aromatic heterocycles. The van der Waals surface area contributed by atoms with E-state index in [9.17, 15) is 25.0 Å². The van der Waals surface area contributed by atoms with Gasteiger partial charge in [0.05, 0.1) is 21.5 Å². The Kier molecular flexibility index (Phi) is 5.31. The number of nitro groups is 2. The van der Waals surface area contributed by atoms with Crippen molar-refractivity contribution in [2.75, 3.05) is 12.3 Å². The van der Waals surface area contributed by atoms with Gasteiger partial charge >= 0.3 is 0 Å². The van der Waals surface area contributed by atoms with Crippen LogP contribution in [0.25, 0.3) is 0 Å². The van der Waals surface area contributed by atoms with Crippen molar-refractivity contribution in [3.8, 4) is 0 Å². The fourth-order valence-corrected chi connectivity index (χ4v) is 2.50. The molecule has 0 atom stereocenters. The summed E-state index contributed by atoms with van der Waals surface area (Å²) in [6, 6.07) is 2.79. The van der Waals surface area contributed by atoms with Gasteiger partial charge in [0.15, 0.2) is 0 Å². The number of benzene rings is 1. The number of anilines is 1. The van der Waals surface area contributed by atoms with Gasteiger partial charge in [0, 0.05) is 25.1 Å². The molecular weight excluding hydrogens is 340 g/mol. The Morgan fingerprint density at radius 2 is 1.79 bits per heavy atom. The zero-order chi connectivity index (χ0) is 17.7. The van der Waals surface area contributed by atoms with Gasteiger partial charge in [-0.15, -0.1) is 10.2 Å². The van der Waals surface area contributed by atoms with Crippen LogP contribution in [-0.2, 0) is 6.42 Å². The average Bonchev–Trinajstić information content (AvgIpc) is 2.96. The van der Waals surface area contributed by atoms with Crippen LogP contribution >= 0.6 is 11.3 Å². The van der Waals surface area contributed by atoms with Crippen molar-refractivity contribution in [1.82, 2.24) is 15.5 Å². The monoisotopic (exact) mass is 352 g/mol. The summed E-state index contributed by atoms with van der Waals surface area (Å²) in [5.74, 6) is -0.626. The highest BCUT2D eigenvalue weighted by Gasteiger charge is 2.19. The first kappa shape index (κ1) is 17.2. The molecule has 1 amide bonds. The van der Waals surface area contributed by atoms with Gasteiger partial charge in [0.1, 0.15) is 5.01 Å². The van der Waals surface area contributed by atoms with E-state index in [1.807, 2.05) is 0 Å². The smallest absolute Gasteiger partial charge is 0.277 e. The number of nitrogen functional groups attached to an aromatic ring is 1. The van der Waals surface area contributed by atoms with Gasteiger partial charge in [-0.05, 0) is 6.42 Å². The van der Waals surface area contributed by atoms with Crippen molar-refractivity contribution < 1.29 is 14.6 Å². The van der Waals surface area contributed by atoms with E-state index >= 15 is 0 Å². The summed E-state index contributed by atoms with van der Waals surface area (Å²) in [6.07, 6.45) is 1.11. The molecule has 0 spiro atoms. The highest BCUT2D eigenvalue weighted by Crippen LogP contribution is 2.22. The Hall–Kier alpha value is -3.15. The normalized spacial score (nSPS) is 10.3. The quantitative estimate of drug-likeness (QED) is 0.427. The summed E-state index contributed by atoms with van der Waals surface area (Å²) in [5, 5.41) is 32.7. The molecule has 0 saturated heterocycles. The second kappa shape index (κ2) is 7.41. The lowest BCUT2D eigenvalue weighted by atomic mass is 10.1. The zero-order valence-corrected chi connectivity index (χ0v) is 13.0. The maximum Gasteiger partial charge on any atom is 0.277 e. The molecule has 126 valence electrons. The standard InChI is InChI=1S/C12H12N6O5S/c13-12-16-15-10(24-12)2-1-3-14-11(19)7-4-8(17(20)21)6-9(5-7)18(22)23/h4-6H,1-3H2,(H2,13,16)(H,14,19). The van der Waals surface area contributed by atoms with Crippen LogP contribution in [0.15, 0.2) is 18.2 Å². The third-order valence-corrected chi connectivity index (χ3v) is 3.73. The molecule has 0 bridgehead atoms. The number of aryl methyl sites for hydroxylation is 1. The molecule has 0 aliphatic carbocycles. The molecule has 2 aromatic rings. The molecule has 0 radical (unpaired) electrons. The molecule has 0 aliphatic heterocycles. The summed E-state index contributed by atoms with van der Waals surface area (Å²) < 4.78 is 0. The number of nitrogens with two attached hydrogens (primary N) is 1. The van der Waals surface area contributed by atoms with E-state index < -0.39 is 27.1 Å². The fraction of sp³-hybridized carbons (Fsp3) is 0.250. The first-order valence-corrected chi connectivity index (χ1v) is 7.48. The fourth-order valence-electron chi connectivity index (χ4n) is 1.85.